The molecule has 98 valence electrons. The van der Waals surface area contributed by atoms with Gasteiger partial charge < -0.3 is 9.80 Å². The molecule has 0 aliphatic carbocycles. The molecule has 0 radical (unpaired) electrons. The summed E-state index contributed by atoms with van der Waals surface area (Å²) in [6, 6.07) is 0.709. The normalized spacial score (nSPS) is 30.1. The number of nitrogens with zero attached hydrogens (tertiary/aromatic N) is 2. The first-order valence-corrected chi connectivity index (χ1v) is 7.30. The zero-order valence-electron chi connectivity index (χ0n) is 10.7. The number of hydrogen-bond acceptors (Lipinski definition) is 2. The topological polar surface area (TPSA) is 23.6 Å². The Labute approximate surface area is 109 Å². The minimum atomic E-state index is 0.303. The lowest BCUT2D eigenvalue weighted by Gasteiger charge is -2.46. The van der Waals surface area contributed by atoms with Gasteiger partial charge in [-0.3, -0.25) is 4.79 Å². The molecule has 2 atom stereocenters. The lowest BCUT2D eigenvalue weighted by molar-refractivity contribution is -0.134. The summed E-state index contributed by atoms with van der Waals surface area (Å²) in [7, 11) is 2.22. The summed E-state index contributed by atoms with van der Waals surface area (Å²) in [5, 5.41) is 0. The molecule has 2 fully saturated rings. The molecule has 4 heteroatoms. The van der Waals surface area contributed by atoms with Crippen molar-refractivity contribution >= 4 is 17.5 Å². The van der Waals surface area contributed by atoms with Crippen LogP contribution in [0.15, 0.2) is 0 Å². The van der Waals surface area contributed by atoms with E-state index in [1.54, 1.807) is 0 Å². The predicted molar refractivity (Wildman–Crippen MR) is 70.3 cm³/mol. The maximum atomic E-state index is 12.0. The van der Waals surface area contributed by atoms with Gasteiger partial charge in [0.05, 0.1) is 0 Å². The average molecular weight is 259 g/mol. The Morgan fingerprint density at radius 3 is 2.94 bits per heavy atom. The van der Waals surface area contributed by atoms with Crippen molar-refractivity contribution in [3.63, 3.8) is 0 Å². The second-order valence-corrected chi connectivity index (χ2v) is 5.75. The SMILES string of the molecule is CN1CCCC2CN(C(=O)CCCCl)CCC21. The fraction of sp³-hybridized carbons (Fsp3) is 0.923. The molecule has 0 spiro atoms. The lowest BCUT2D eigenvalue weighted by atomic mass is 9.84. The summed E-state index contributed by atoms with van der Waals surface area (Å²) in [5.41, 5.74) is 0. The Bertz CT molecular complexity index is 272. The standard InChI is InChI=1S/C13H23ClN2O/c1-15-8-3-4-11-10-16(9-6-12(11)15)13(17)5-2-7-14/h11-12H,2-10H2,1H3. The fourth-order valence-corrected chi connectivity index (χ4v) is 3.39. The average Bonchev–Trinajstić information content (AvgIpc) is 2.36. The maximum Gasteiger partial charge on any atom is 0.222 e. The molecule has 3 nitrogen and oxygen atoms in total. The molecule has 0 aromatic rings. The third-order valence-electron chi connectivity index (χ3n) is 4.22. The number of hydrogen-bond donors (Lipinski definition) is 0. The largest absolute Gasteiger partial charge is 0.342 e. The third kappa shape index (κ3) is 3.14. The molecule has 2 saturated heterocycles. The van der Waals surface area contributed by atoms with E-state index in [9.17, 15) is 4.79 Å². The Balaban J connectivity index is 1.86. The molecular formula is C13H23ClN2O. The van der Waals surface area contributed by atoms with Crippen LogP contribution in [0.25, 0.3) is 0 Å². The number of piperidine rings is 2. The van der Waals surface area contributed by atoms with Gasteiger partial charge in [-0.1, -0.05) is 0 Å². The van der Waals surface area contributed by atoms with Crippen molar-refractivity contribution in [2.75, 3.05) is 32.6 Å². The van der Waals surface area contributed by atoms with Crippen LogP contribution in [-0.4, -0.2) is 54.3 Å². The molecule has 2 unspecified atom stereocenters. The number of amides is 1. The highest BCUT2D eigenvalue weighted by Crippen LogP contribution is 2.29. The molecule has 17 heavy (non-hydrogen) atoms. The first-order chi connectivity index (χ1) is 8.22. The van der Waals surface area contributed by atoms with Gasteiger partial charge in [-0.2, -0.15) is 0 Å². The van der Waals surface area contributed by atoms with Crippen LogP contribution in [0.3, 0.4) is 0 Å². The third-order valence-corrected chi connectivity index (χ3v) is 4.49. The van der Waals surface area contributed by atoms with Crippen molar-refractivity contribution in [2.45, 2.75) is 38.1 Å². The van der Waals surface area contributed by atoms with Crippen molar-refractivity contribution in [1.82, 2.24) is 9.80 Å². The molecule has 0 N–H and O–H groups in total. The van der Waals surface area contributed by atoms with E-state index in [4.69, 9.17) is 11.6 Å². The van der Waals surface area contributed by atoms with Crippen LogP contribution in [-0.2, 0) is 4.79 Å². The van der Waals surface area contributed by atoms with E-state index in [2.05, 4.69) is 16.8 Å². The van der Waals surface area contributed by atoms with Gasteiger partial charge >= 0.3 is 0 Å². The number of halogens is 1. The molecular weight excluding hydrogens is 236 g/mol. The number of alkyl halides is 1. The van der Waals surface area contributed by atoms with Gasteiger partial charge in [0.2, 0.25) is 5.91 Å². The highest BCUT2D eigenvalue weighted by Gasteiger charge is 2.35. The minimum Gasteiger partial charge on any atom is -0.342 e. The van der Waals surface area contributed by atoms with Gasteiger partial charge in [-0.25, -0.2) is 0 Å². The molecule has 2 aliphatic heterocycles. The second kappa shape index (κ2) is 6.05. The fourth-order valence-electron chi connectivity index (χ4n) is 3.26. The van der Waals surface area contributed by atoms with Crippen molar-refractivity contribution in [3.05, 3.63) is 0 Å². The minimum absolute atomic E-state index is 0.303. The van der Waals surface area contributed by atoms with E-state index in [0.717, 1.165) is 25.9 Å². The van der Waals surface area contributed by atoms with Crippen molar-refractivity contribution in [2.24, 2.45) is 5.92 Å². The van der Waals surface area contributed by atoms with Crippen molar-refractivity contribution in [3.8, 4) is 0 Å². The van der Waals surface area contributed by atoms with Gasteiger partial charge in [-0.05, 0) is 45.2 Å². The molecule has 0 saturated carbocycles. The molecule has 0 aromatic carbocycles. The summed E-state index contributed by atoms with van der Waals surface area (Å²) in [6.07, 6.45) is 5.14. The van der Waals surface area contributed by atoms with Crippen LogP contribution in [0.1, 0.15) is 32.1 Å². The number of likely N-dealkylation sites (tertiary alicyclic amines) is 2. The summed E-state index contributed by atoms with van der Waals surface area (Å²) < 4.78 is 0. The Morgan fingerprint density at radius 2 is 2.18 bits per heavy atom. The number of carbonyl (C=O) groups is 1. The molecule has 2 rings (SSSR count). The molecule has 1 amide bonds. The molecule has 2 heterocycles. The summed E-state index contributed by atoms with van der Waals surface area (Å²) in [5.74, 6) is 1.59. The number of fused-ring (bicyclic) bond motifs is 1. The van der Waals surface area contributed by atoms with E-state index in [1.165, 1.54) is 19.4 Å². The first-order valence-electron chi connectivity index (χ1n) is 6.76. The van der Waals surface area contributed by atoms with Crippen LogP contribution >= 0.6 is 11.6 Å². The molecule has 2 aliphatic rings. The quantitative estimate of drug-likeness (QED) is 0.723. The first kappa shape index (κ1) is 13.2. The molecule has 0 aromatic heterocycles. The van der Waals surface area contributed by atoms with E-state index < -0.39 is 0 Å². The Kier molecular flexibility index (Phi) is 4.69. The van der Waals surface area contributed by atoms with Crippen LogP contribution < -0.4 is 0 Å². The van der Waals surface area contributed by atoms with E-state index in [-0.39, 0.29) is 0 Å². The lowest BCUT2D eigenvalue weighted by Crippen LogP contribution is -2.53. The maximum absolute atomic E-state index is 12.0. The Hall–Kier alpha value is -0.280. The van der Waals surface area contributed by atoms with Crippen LogP contribution in [0.2, 0.25) is 0 Å². The predicted octanol–water partition coefficient (Wildman–Crippen LogP) is 1.95. The number of carbonyl (C=O) groups excluding carboxylic acids is 1. The summed E-state index contributed by atoms with van der Waals surface area (Å²) >= 11 is 5.64. The zero-order chi connectivity index (χ0) is 12.3. The highest BCUT2D eigenvalue weighted by atomic mass is 35.5. The van der Waals surface area contributed by atoms with Crippen LogP contribution in [0.5, 0.6) is 0 Å². The van der Waals surface area contributed by atoms with E-state index >= 15 is 0 Å². The second-order valence-electron chi connectivity index (χ2n) is 5.37. The van der Waals surface area contributed by atoms with Crippen molar-refractivity contribution in [1.29, 1.82) is 0 Å². The summed E-state index contributed by atoms with van der Waals surface area (Å²) in [4.78, 5) is 16.5. The Morgan fingerprint density at radius 1 is 1.35 bits per heavy atom. The monoisotopic (exact) mass is 258 g/mol. The van der Waals surface area contributed by atoms with Gasteiger partial charge in [0, 0.05) is 31.4 Å². The van der Waals surface area contributed by atoms with E-state index in [0.29, 0.717) is 30.2 Å². The van der Waals surface area contributed by atoms with Gasteiger partial charge in [0.1, 0.15) is 0 Å². The summed E-state index contributed by atoms with van der Waals surface area (Å²) in [6.45, 7) is 3.13. The van der Waals surface area contributed by atoms with Crippen LogP contribution in [0.4, 0.5) is 0 Å². The number of rotatable bonds is 3. The van der Waals surface area contributed by atoms with Crippen LogP contribution in [0, 0.1) is 5.92 Å². The van der Waals surface area contributed by atoms with Gasteiger partial charge in [0.25, 0.3) is 0 Å². The van der Waals surface area contributed by atoms with Crippen molar-refractivity contribution < 1.29 is 4.79 Å². The highest BCUT2D eigenvalue weighted by molar-refractivity contribution is 6.17. The van der Waals surface area contributed by atoms with Gasteiger partial charge in [0.15, 0.2) is 0 Å². The van der Waals surface area contributed by atoms with E-state index in [1.807, 2.05) is 0 Å². The smallest absolute Gasteiger partial charge is 0.222 e. The van der Waals surface area contributed by atoms with Gasteiger partial charge in [-0.15, -0.1) is 11.6 Å². The zero-order valence-corrected chi connectivity index (χ0v) is 11.5. The molecule has 0 bridgehead atoms.